The van der Waals surface area contributed by atoms with Crippen LogP contribution in [0.3, 0.4) is 0 Å². The van der Waals surface area contributed by atoms with E-state index < -0.39 is 6.03 Å². The van der Waals surface area contributed by atoms with Crippen LogP contribution in [0.4, 0.5) is 4.79 Å². The molecular formula is C13H15ClN4O2. The molecule has 0 aliphatic carbocycles. The molecule has 0 saturated carbocycles. The van der Waals surface area contributed by atoms with Crippen molar-refractivity contribution in [2.75, 3.05) is 6.61 Å². The number of halogens is 1. The molecule has 0 bridgehead atoms. The molecule has 7 heteroatoms. The summed E-state index contributed by atoms with van der Waals surface area (Å²) in [5, 5.41) is 0.682. The molecule has 2 amide bonds. The number of imidazole rings is 1. The second-order valence-corrected chi connectivity index (χ2v) is 4.64. The highest BCUT2D eigenvalue weighted by Crippen LogP contribution is 2.27. The van der Waals surface area contributed by atoms with Gasteiger partial charge >= 0.3 is 6.03 Å². The van der Waals surface area contributed by atoms with Crippen molar-refractivity contribution >= 4 is 17.6 Å². The molecule has 0 aliphatic heterocycles. The number of hydroxylamine groups is 1. The van der Waals surface area contributed by atoms with Gasteiger partial charge in [0.05, 0.1) is 18.6 Å². The molecule has 2 rings (SSSR count). The molecule has 1 aromatic carbocycles. The van der Waals surface area contributed by atoms with E-state index in [-0.39, 0.29) is 5.92 Å². The molecule has 0 aliphatic rings. The fourth-order valence-electron chi connectivity index (χ4n) is 1.94. The standard InChI is InChI=1S/C13H15ClN4O2/c14-10-3-1-9(2-4-10)11(12-7-16-8-17-12)5-6-20-18-13(15)19/h1-4,7-8,11H,5-6H2,(H,16,17)(H3,15,18,19). The van der Waals surface area contributed by atoms with E-state index in [4.69, 9.17) is 22.2 Å². The quantitative estimate of drug-likeness (QED) is 0.563. The van der Waals surface area contributed by atoms with Gasteiger partial charge in [-0.1, -0.05) is 23.7 Å². The number of carbonyl (C=O) groups excluding carboxylic acids is 1. The molecule has 2 aromatic rings. The normalized spacial score (nSPS) is 12.1. The van der Waals surface area contributed by atoms with E-state index in [0.29, 0.717) is 18.1 Å². The molecule has 20 heavy (non-hydrogen) atoms. The number of hydrogen-bond donors (Lipinski definition) is 3. The SMILES string of the molecule is NC(=O)NOCCC(c1ccc(Cl)cc1)c1c[nH]cn1. The Balaban J connectivity index is 2.05. The van der Waals surface area contributed by atoms with E-state index in [9.17, 15) is 4.79 Å². The number of nitrogens with zero attached hydrogens (tertiary/aromatic N) is 1. The van der Waals surface area contributed by atoms with Crippen LogP contribution in [-0.4, -0.2) is 22.6 Å². The van der Waals surface area contributed by atoms with Crippen LogP contribution in [0.5, 0.6) is 0 Å². The predicted molar refractivity (Wildman–Crippen MR) is 75.2 cm³/mol. The lowest BCUT2D eigenvalue weighted by molar-refractivity contribution is 0.0609. The van der Waals surface area contributed by atoms with Crippen molar-refractivity contribution in [2.45, 2.75) is 12.3 Å². The summed E-state index contributed by atoms with van der Waals surface area (Å²) in [6.45, 7) is 0.323. The number of primary amides is 1. The van der Waals surface area contributed by atoms with Gasteiger partial charge in [-0.05, 0) is 24.1 Å². The molecule has 1 heterocycles. The summed E-state index contributed by atoms with van der Waals surface area (Å²) in [7, 11) is 0. The smallest absolute Gasteiger partial charge is 0.336 e. The van der Waals surface area contributed by atoms with Crippen LogP contribution in [-0.2, 0) is 4.84 Å². The monoisotopic (exact) mass is 294 g/mol. The Morgan fingerprint density at radius 1 is 1.45 bits per heavy atom. The Morgan fingerprint density at radius 2 is 2.20 bits per heavy atom. The first-order valence-corrected chi connectivity index (χ1v) is 6.46. The number of rotatable bonds is 6. The molecule has 0 fully saturated rings. The van der Waals surface area contributed by atoms with Gasteiger partial charge in [-0.25, -0.2) is 15.3 Å². The lowest BCUT2D eigenvalue weighted by Gasteiger charge is -2.15. The maximum atomic E-state index is 10.5. The lowest BCUT2D eigenvalue weighted by atomic mass is 9.93. The van der Waals surface area contributed by atoms with Crippen LogP contribution in [0.1, 0.15) is 23.6 Å². The fraction of sp³-hybridized carbons (Fsp3) is 0.231. The van der Waals surface area contributed by atoms with Crippen molar-refractivity contribution in [1.29, 1.82) is 0 Å². The first-order chi connectivity index (χ1) is 9.66. The Bertz CT molecular complexity index is 542. The highest BCUT2D eigenvalue weighted by atomic mass is 35.5. The number of hydrogen-bond acceptors (Lipinski definition) is 3. The molecule has 0 spiro atoms. The Labute approximate surface area is 121 Å². The fourth-order valence-corrected chi connectivity index (χ4v) is 2.07. The first kappa shape index (κ1) is 14.4. The summed E-state index contributed by atoms with van der Waals surface area (Å²) in [6.07, 6.45) is 4.11. The third-order valence-corrected chi connectivity index (χ3v) is 3.08. The summed E-state index contributed by atoms with van der Waals surface area (Å²) >= 11 is 5.90. The molecule has 106 valence electrons. The molecule has 1 unspecified atom stereocenters. The van der Waals surface area contributed by atoms with Gasteiger partial charge in [0.25, 0.3) is 0 Å². The van der Waals surface area contributed by atoms with Gasteiger partial charge in [-0.3, -0.25) is 4.84 Å². The van der Waals surface area contributed by atoms with E-state index in [2.05, 4.69) is 15.4 Å². The van der Waals surface area contributed by atoms with Gasteiger partial charge in [-0.15, -0.1) is 0 Å². The van der Waals surface area contributed by atoms with Gasteiger partial charge < -0.3 is 10.7 Å². The number of benzene rings is 1. The zero-order valence-corrected chi connectivity index (χ0v) is 11.4. The van der Waals surface area contributed by atoms with Gasteiger partial charge in [0.15, 0.2) is 0 Å². The average molecular weight is 295 g/mol. The number of H-pyrrole nitrogens is 1. The second-order valence-electron chi connectivity index (χ2n) is 4.20. The molecule has 0 radical (unpaired) electrons. The van der Waals surface area contributed by atoms with E-state index in [1.165, 1.54) is 0 Å². The van der Waals surface area contributed by atoms with Crippen molar-refractivity contribution in [3.8, 4) is 0 Å². The van der Waals surface area contributed by atoms with Gasteiger partial charge in [0, 0.05) is 17.1 Å². The second kappa shape index (κ2) is 6.93. The van der Waals surface area contributed by atoms with E-state index in [0.717, 1.165) is 11.3 Å². The van der Waals surface area contributed by atoms with Crippen LogP contribution in [0.25, 0.3) is 0 Å². The highest BCUT2D eigenvalue weighted by Gasteiger charge is 2.16. The molecule has 1 aromatic heterocycles. The maximum Gasteiger partial charge on any atom is 0.336 e. The Kier molecular flexibility index (Phi) is 4.97. The number of amides is 2. The van der Waals surface area contributed by atoms with Gasteiger partial charge in [0.1, 0.15) is 0 Å². The van der Waals surface area contributed by atoms with Gasteiger partial charge in [-0.2, -0.15) is 0 Å². The molecule has 1 atom stereocenters. The van der Waals surface area contributed by atoms with Crippen LogP contribution in [0.2, 0.25) is 5.02 Å². The first-order valence-electron chi connectivity index (χ1n) is 6.08. The third kappa shape index (κ3) is 3.97. The summed E-state index contributed by atoms with van der Waals surface area (Å²) < 4.78 is 0. The maximum absolute atomic E-state index is 10.5. The number of aromatic nitrogens is 2. The van der Waals surface area contributed by atoms with E-state index in [1.54, 1.807) is 6.33 Å². The lowest BCUT2D eigenvalue weighted by Crippen LogP contribution is -2.30. The third-order valence-electron chi connectivity index (χ3n) is 2.83. The van der Waals surface area contributed by atoms with Crippen LogP contribution in [0, 0.1) is 0 Å². The van der Waals surface area contributed by atoms with Crippen LogP contribution in [0.15, 0.2) is 36.8 Å². The summed E-state index contributed by atoms with van der Waals surface area (Å²) in [5.74, 6) is 0.0493. The zero-order valence-electron chi connectivity index (χ0n) is 10.7. The van der Waals surface area contributed by atoms with Crippen LogP contribution < -0.4 is 11.2 Å². The molecule has 0 saturated heterocycles. The van der Waals surface area contributed by atoms with Crippen molar-refractivity contribution in [1.82, 2.24) is 15.4 Å². The topological polar surface area (TPSA) is 93.0 Å². The van der Waals surface area contributed by atoms with Crippen molar-refractivity contribution < 1.29 is 9.63 Å². The largest absolute Gasteiger partial charge is 0.351 e. The zero-order chi connectivity index (χ0) is 14.4. The molecule has 4 N–H and O–H groups in total. The summed E-state index contributed by atoms with van der Waals surface area (Å²) in [5.41, 5.74) is 8.99. The molecular weight excluding hydrogens is 280 g/mol. The van der Waals surface area contributed by atoms with E-state index in [1.807, 2.05) is 30.5 Å². The number of nitrogens with one attached hydrogen (secondary N) is 2. The van der Waals surface area contributed by atoms with Crippen molar-refractivity contribution in [2.24, 2.45) is 5.73 Å². The molecule has 6 nitrogen and oxygen atoms in total. The number of urea groups is 1. The van der Waals surface area contributed by atoms with Crippen molar-refractivity contribution in [3.05, 3.63) is 53.1 Å². The minimum Gasteiger partial charge on any atom is -0.351 e. The Morgan fingerprint density at radius 3 is 2.80 bits per heavy atom. The van der Waals surface area contributed by atoms with E-state index >= 15 is 0 Å². The van der Waals surface area contributed by atoms with Crippen LogP contribution >= 0.6 is 11.6 Å². The predicted octanol–water partition coefficient (Wildman–Crippen LogP) is 2.18. The summed E-state index contributed by atoms with van der Waals surface area (Å²) in [4.78, 5) is 22.7. The highest BCUT2D eigenvalue weighted by molar-refractivity contribution is 6.30. The number of aromatic amines is 1. The number of carbonyl (C=O) groups is 1. The minimum atomic E-state index is -0.715. The summed E-state index contributed by atoms with van der Waals surface area (Å²) in [6, 6.07) is 6.85. The van der Waals surface area contributed by atoms with Crippen molar-refractivity contribution in [3.63, 3.8) is 0 Å². The minimum absolute atomic E-state index is 0.0493. The average Bonchev–Trinajstić information content (AvgIpc) is 2.94. The van der Waals surface area contributed by atoms with Gasteiger partial charge in [0.2, 0.25) is 0 Å². The number of nitrogens with two attached hydrogens (primary N) is 1. The Hall–Kier alpha value is -2.05.